The van der Waals surface area contributed by atoms with Crippen molar-refractivity contribution in [2.24, 2.45) is 5.41 Å². The molecule has 2 fully saturated rings. The fourth-order valence-electron chi connectivity index (χ4n) is 3.69. The summed E-state index contributed by atoms with van der Waals surface area (Å²) in [6.45, 7) is 2.17. The van der Waals surface area contributed by atoms with Gasteiger partial charge in [-0.15, -0.1) is 0 Å². The van der Waals surface area contributed by atoms with Crippen LogP contribution in [0.3, 0.4) is 0 Å². The second-order valence-electron chi connectivity index (χ2n) is 6.27. The Bertz CT molecular complexity index is 291. The SMILES string of the molecule is CCC1(C(=O)NC2(CBr)CCCCC2)CCCC1. The lowest BCUT2D eigenvalue weighted by Crippen LogP contribution is -2.55. The summed E-state index contributed by atoms with van der Waals surface area (Å²) in [5.74, 6) is 0.337. The van der Waals surface area contributed by atoms with Crippen LogP contribution in [0.15, 0.2) is 0 Å². The lowest BCUT2D eigenvalue weighted by molar-refractivity contribution is -0.133. The number of hydrogen-bond donors (Lipinski definition) is 1. The summed E-state index contributed by atoms with van der Waals surface area (Å²) >= 11 is 3.63. The van der Waals surface area contributed by atoms with Gasteiger partial charge < -0.3 is 5.32 Å². The average molecular weight is 316 g/mol. The average Bonchev–Trinajstić information content (AvgIpc) is 2.90. The Morgan fingerprint density at radius 2 is 1.61 bits per heavy atom. The third-order valence-electron chi connectivity index (χ3n) is 5.16. The Hall–Kier alpha value is -0.0500. The van der Waals surface area contributed by atoms with Gasteiger partial charge in [0.1, 0.15) is 0 Å². The maximum atomic E-state index is 12.7. The molecule has 0 spiro atoms. The molecule has 2 aliphatic rings. The summed E-state index contributed by atoms with van der Waals surface area (Å²) in [6, 6.07) is 0. The van der Waals surface area contributed by atoms with E-state index >= 15 is 0 Å². The molecule has 0 aliphatic heterocycles. The molecule has 2 rings (SSSR count). The molecule has 0 unspecified atom stereocenters. The van der Waals surface area contributed by atoms with E-state index in [-0.39, 0.29) is 11.0 Å². The predicted molar refractivity (Wildman–Crippen MR) is 78.9 cm³/mol. The summed E-state index contributed by atoms with van der Waals surface area (Å²) in [5.41, 5.74) is -0.00723. The van der Waals surface area contributed by atoms with Crippen LogP contribution in [0.1, 0.15) is 71.1 Å². The van der Waals surface area contributed by atoms with Crippen LogP contribution in [0.4, 0.5) is 0 Å². The molecule has 2 aliphatic carbocycles. The highest BCUT2D eigenvalue weighted by Gasteiger charge is 2.43. The van der Waals surface area contributed by atoms with Crippen molar-refractivity contribution in [1.82, 2.24) is 5.32 Å². The molecule has 0 aromatic heterocycles. The fraction of sp³-hybridized carbons (Fsp3) is 0.933. The van der Waals surface area contributed by atoms with Gasteiger partial charge in [0.15, 0.2) is 0 Å². The fourth-order valence-corrected chi connectivity index (χ4v) is 4.39. The maximum absolute atomic E-state index is 12.7. The van der Waals surface area contributed by atoms with Crippen molar-refractivity contribution in [2.45, 2.75) is 76.7 Å². The van der Waals surface area contributed by atoms with Gasteiger partial charge in [-0.3, -0.25) is 4.79 Å². The molecule has 0 saturated heterocycles. The number of rotatable bonds is 4. The number of carbonyl (C=O) groups is 1. The van der Waals surface area contributed by atoms with E-state index in [1.54, 1.807) is 0 Å². The van der Waals surface area contributed by atoms with Gasteiger partial charge >= 0.3 is 0 Å². The van der Waals surface area contributed by atoms with Crippen LogP contribution >= 0.6 is 15.9 Å². The first-order valence-electron chi connectivity index (χ1n) is 7.55. The Labute approximate surface area is 119 Å². The van der Waals surface area contributed by atoms with Gasteiger partial charge in [-0.1, -0.05) is 55.0 Å². The molecular formula is C15H26BrNO. The first kappa shape index (κ1) is 14.4. The van der Waals surface area contributed by atoms with Gasteiger partial charge in [0.2, 0.25) is 5.91 Å². The van der Waals surface area contributed by atoms with E-state index in [4.69, 9.17) is 0 Å². The molecule has 1 amide bonds. The van der Waals surface area contributed by atoms with Crippen molar-refractivity contribution in [3.63, 3.8) is 0 Å². The molecule has 0 aromatic carbocycles. The van der Waals surface area contributed by atoms with Crippen molar-refractivity contribution in [1.29, 1.82) is 0 Å². The lowest BCUT2D eigenvalue weighted by atomic mass is 9.78. The van der Waals surface area contributed by atoms with E-state index in [1.165, 1.54) is 32.1 Å². The highest BCUT2D eigenvalue weighted by atomic mass is 79.9. The summed E-state index contributed by atoms with van der Waals surface area (Å²) in [5, 5.41) is 4.34. The topological polar surface area (TPSA) is 29.1 Å². The monoisotopic (exact) mass is 315 g/mol. The second kappa shape index (κ2) is 5.94. The first-order valence-corrected chi connectivity index (χ1v) is 8.67. The quantitative estimate of drug-likeness (QED) is 0.775. The summed E-state index contributed by atoms with van der Waals surface area (Å²) in [6.07, 6.45) is 11.7. The molecule has 3 heteroatoms. The third kappa shape index (κ3) is 2.76. The third-order valence-corrected chi connectivity index (χ3v) is 6.24. The molecule has 0 bridgehead atoms. The minimum atomic E-state index is -0.0490. The Morgan fingerprint density at radius 1 is 1.06 bits per heavy atom. The molecule has 2 nitrogen and oxygen atoms in total. The molecule has 0 aromatic rings. The Morgan fingerprint density at radius 3 is 2.11 bits per heavy atom. The maximum Gasteiger partial charge on any atom is 0.226 e. The lowest BCUT2D eigenvalue weighted by Gasteiger charge is -2.40. The van der Waals surface area contributed by atoms with Gasteiger partial charge in [-0.05, 0) is 32.1 Å². The molecular weight excluding hydrogens is 290 g/mol. The van der Waals surface area contributed by atoms with Crippen LogP contribution in [-0.2, 0) is 4.79 Å². The highest BCUT2D eigenvalue weighted by molar-refractivity contribution is 9.09. The molecule has 0 radical (unpaired) electrons. The molecule has 0 atom stereocenters. The van der Waals surface area contributed by atoms with Crippen molar-refractivity contribution in [3.8, 4) is 0 Å². The smallest absolute Gasteiger partial charge is 0.226 e. The zero-order valence-corrected chi connectivity index (χ0v) is 13.2. The minimum Gasteiger partial charge on any atom is -0.349 e. The van der Waals surface area contributed by atoms with Crippen molar-refractivity contribution in [3.05, 3.63) is 0 Å². The standard InChI is InChI=1S/C15H26BrNO/c1-2-14(8-6-7-9-14)13(18)17-15(12-16)10-4-3-5-11-15/h2-12H2,1H3,(H,17,18). The molecule has 18 heavy (non-hydrogen) atoms. The van der Waals surface area contributed by atoms with Gasteiger partial charge in [0, 0.05) is 16.3 Å². The van der Waals surface area contributed by atoms with Crippen molar-refractivity contribution in [2.75, 3.05) is 5.33 Å². The van der Waals surface area contributed by atoms with Crippen LogP contribution in [-0.4, -0.2) is 16.8 Å². The largest absolute Gasteiger partial charge is 0.349 e. The van der Waals surface area contributed by atoms with E-state index in [1.807, 2.05) is 0 Å². The molecule has 1 N–H and O–H groups in total. The number of carbonyl (C=O) groups excluding carboxylic acids is 1. The van der Waals surface area contributed by atoms with Crippen molar-refractivity contribution < 1.29 is 4.79 Å². The zero-order valence-electron chi connectivity index (χ0n) is 11.6. The first-order chi connectivity index (χ1) is 8.66. The number of amides is 1. The van der Waals surface area contributed by atoms with Gasteiger partial charge in [0.05, 0.1) is 0 Å². The zero-order chi connectivity index (χ0) is 13.1. The molecule has 2 saturated carbocycles. The minimum absolute atomic E-state index is 0.0418. The Balaban J connectivity index is 2.04. The molecule has 0 heterocycles. The Kier molecular flexibility index (Phi) is 4.74. The number of alkyl halides is 1. The highest BCUT2D eigenvalue weighted by Crippen LogP contribution is 2.42. The van der Waals surface area contributed by atoms with E-state index < -0.39 is 0 Å². The summed E-state index contributed by atoms with van der Waals surface area (Å²) in [7, 11) is 0. The summed E-state index contributed by atoms with van der Waals surface area (Å²) < 4.78 is 0. The van der Waals surface area contributed by atoms with Gasteiger partial charge in [0.25, 0.3) is 0 Å². The van der Waals surface area contributed by atoms with E-state index in [0.717, 1.165) is 37.4 Å². The van der Waals surface area contributed by atoms with Crippen LogP contribution < -0.4 is 5.32 Å². The number of hydrogen-bond acceptors (Lipinski definition) is 1. The molecule has 104 valence electrons. The predicted octanol–water partition coefficient (Wildman–Crippen LogP) is 4.17. The van der Waals surface area contributed by atoms with Crippen LogP contribution in [0.5, 0.6) is 0 Å². The van der Waals surface area contributed by atoms with Crippen LogP contribution in [0, 0.1) is 5.41 Å². The van der Waals surface area contributed by atoms with Crippen molar-refractivity contribution >= 4 is 21.8 Å². The van der Waals surface area contributed by atoms with E-state index in [9.17, 15) is 4.79 Å². The number of halogens is 1. The van der Waals surface area contributed by atoms with Gasteiger partial charge in [-0.25, -0.2) is 0 Å². The van der Waals surface area contributed by atoms with E-state index in [2.05, 4.69) is 28.2 Å². The second-order valence-corrected chi connectivity index (χ2v) is 6.83. The van der Waals surface area contributed by atoms with Crippen LogP contribution in [0.2, 0.25) is 0 Å². The number of nitrogens with one attached hydrogen (secondary N) is 1. The normalized spacial score (nSPS) is 25.9. The summed E-state index contributed by atoms with van der Waals surface area (Å²) in [4.78, 5) is 12.7. The van der Waals surface area contributed by atoms with E-state index in [0.29, 0.717) is 5.91 Å². The van der Waals surface area contributed by atoms with Crippen LogP contribution in [0.25, 0.3) is 0 Å². The van der Waals surface area contributed by atoms with Gasteiger partial charge in [-0.2, -0.15) is 0 Å².